The summed E-state index contributed by atoms with van der Waals surface area (Å²) in [4.78, 5) is 14.1. The average Bonchev–Trinajstić information content (AvgIpc) is 2.95. The highest BCUT2D eigenvalue weighted by Gasteiger charge is 2.21. The van der Waals surface area contributed by atoms with Crippen LogP contribution in [0, 0.1) is 17.2 Å². The van der Waals surface area contributed by atoms with E-state index in [9.17, 15) is 4.79 Å². The van der Waals surface area contributed by atoms with Crippen LogP contribution < -0.4 is 14.8 Å². The van der Waals surface area contributed by atoms with Crippen LogP contribution in [0.1, 0.15) is 12.8 Å². The third kappa shape index (κ3) is 3.26. The smallest absolute Gasteiger partial charge is 0.238 e. The first-order valence-corrected chi connectivity index (χ1v) is 7.06. The molecule has 0 aromatic heterocycles. The average molecular weight is 287 g/mol. The summed E-state index contributed by atoms with van der Waals surface area (Å²) in [5.74, 6) is 1.44. The number of nitrogens with zero attached hydrogens (tertiary/aromatic N) is 2. The molecule has 1 N–H and O–H groups in total. The number of nitriles is 1. The zero-order valence-electron chi connectivity index (χ0n) is 11.7. The van der Waals surface area contributed by atoms with Gasteiger partial charge in [-0.15, -0.1) is 0 Å². The Morgan fingerprint density at radius 3 is 2.86 bits per heavy atom. The van der Waals surface area contributed by atoms with Crippen LogP contribution in [0.3, 0.4) is 0 Å². The molecule has 1 amide bonds. The van der Waals surface area contributed by atoms with Crippen molar-refractivity contribution >= 4 is 11.6 Å². The van der Waals surface area contributed by atoms with Crippen LogP contribution >= 0.6 is 0 Å². The number of anilines is 1. The van der Waals surface area contributed by atoms with Crippen molar-refractivity contribution in [3.05, 3.63) is 18.2 Å². The van der Waals surface area contributed by atoms with E-state index < -0.39 is 0 Å². The van der Waals surface area contributed by atoms with Crippen molar-refractivity contribution in [1.29, 1.82) is 5.26 Å². The molecule has 0 radical (unpaired) electrons. The summed E-state index contributed by atoms with van der Waals surface area (Å²) in [5.41, 5.74) is 0.705. The third-order valence-electron chi connectivity index (χ3n) is 3.79. The highest BCUT2D eigenvalue weighted by Crippen LogP contribution is 2.34. The molecule has 1 aromatic carbocycles. The number of likely N-dealkylation sites (tertiary alicyclic amines) is 1. The molecule has 0 saturated carbocycles. The number of carbonyl (C=O) groups excluding carboxylic acids is 1. The van der Waals surface area contributed by atoms with Crippen LogP contribution in [-0.4, -0.2) is 37.2 Å². The van der Waals surface area contributed by atoms with Crippen molar-refractivity contribution in [2.45, 2.75) is 12.8 Å². The maximum atomic E-state index is 12.0. The Bertz CT molecular complexity index is 574. The van der Waals surface area contributed by atoms with Gasteiger partial charge in [-0.25, -0.2) is 0 Å². The van der Waals surface area contributed by atoms with Gasteiger partial charge in [-0.05, 0) is 38.1 Å². The van der Waals surface area contributed by atoms with E-state index >= 15 is 0 Å². The SMILES string of the molecule is N#CC1CCN(CC(=O)Nc2ccc3c(c2)OCO3)CC1. The maximum absolute atomic E-state index is 12.0. The number of ether oxygens (including phenoxy) is 2. The third-order valence-corrected chi connectivity index (χ3v) is 3.79. The van der Waals surface area contributed by atoms with Gasteiger partial charge in [0.25, 0.3) is 0 Å². The zero-order valence-corrected chi connectivity index (χ0v) is 11.7. The minimum atomic E-state index is -0.0516. The molecular weight excluding hydrogens is 270 g/mol. The number of hydrogen-bond acceptors (Lipinski definition) is 5. The lowest BCUT2D eigenvalue weighted by atomic mass is 9.99. The number of carbonyl (C=O) groups is 1. The molecule has 2 heterocycles. The van der Waals surface area contributed by atoms with Crippen molar-refractivity contribution in [3.63, 3.8) is 0 Å². The predicted molar refractivity (Wildman–Crippen MR) is 76.0 cm³/mol. The molecule has 6 nitrogen and oxygen atoms in total. The zero-order chi connectivity index (χ0) is 14.7. The molecule has 110 valence electrons. The lowest BCUT2D eigenvalue weighted by molar-refractivity contribution is -0.117. The van der Waals surface area contributed by atoms with E-state index in [-0.39, 0.29) is 18.6 Å². The van der Waals surface area contributed by atoms with Crippen molar-refractivity contribution < 1.29 is 14.3 Å². The van der Waals surface area contributed by atoms with E-state index in [1.165, 1.54) is 0 Å². The van der Waals surface area contributed by atoms with E-state index in [0.29, 0.717) is 23.7 Å². The molecule has 1 fully saturated rings. The molecule has 0 atom stereocenters. The summed E-state index contributed by atoms with van der Waals surface area (Å²) >= 11 is 0. The van der Waals surface area contributed by atoms with Gasteiger partial charge in [-0.2, -0.15) is 5.26 Å². The number of fused-ring (bicyclic) bond motifs is 1. The Morgan fingerprint density at radius 2 is 2.10 bits per heavy atom. The Morgan fingerprint density at radius 1 is 1.33 bits per heavy atom. The molecule has 21 heavy (non-hydrogen) atoms. The first-order chi connectivity index (χ1) is 10.2. The van der Waals surface area contributed by atoms with Crippen LogP contribution in [0.4, 0.5) is 5.69 Å². The summed E-state index contributed by atoms with van der Waals surface area (Å²) in [6, 6.07) is 7.64. The molecule has 2 aliphatic heterocycles. The fourth-order valence-electron chi connectivity index (χ4n) is 2.60. The highest BCUT2D eigenvalue weighted by molar-refractivity contribution is 5.92. The van der Waals surface area contributed by atoms with Gasteiger partial charge in [0, 0.05) is 17.7 Å². The fourth-order valence-corrected chi connectivity index (χ4v) is 2.60. The maximum Gasteiger partial charge on any atom is 0.238 e. The van der Waals surface area contributed by atoms with Crippen LogP contribution in [0.15, 0.2) is 18.2 Å². The molecule has 6 heteroatoms. The Hall–Kier alpha value is -2.26. The minimum Gasteiger partial charge on any atom is -0.454 e. The van der Waals surface area contributed by atoms with E-state index in [1.54, 1.807) is 18.2 Å². The Balaban J connectivity index is 1.52. The number of piperidine rings is 1. The molecule has 0 bridgehead atoms. The van der Waals surface area contributed by atoms with Gasteiger partial charge < -0.3 is 14.8 Å². The van der Waals surface area contributed by atoms with Crippen molar-refractivity contribution in [2.75, 3.05) is 31.7 Å². The molecular formula is C15H17N3O3. The molecule has 1 saturated heterocycles. The predicted octanol–water partition coefficient (Wildman–Crippen LogP) is 1.59. The fraction of sp³-hybridized carbons (Fsp3) is 0.467. The van der Waals surface area contributed by atoms with E-state index in [4.69, 9.17) is 14.7 Å². The van der Waals surface area contributed by atoms with Gasteiger partial charge in [-0.1, -0.05) is 0 Å². The standard InChI is InChI=1S/C15H17N3O3/c16-8-11-3-5-18(6-4-11)9-15(19)17-12-1-2-13-14(7-12)21-10-20-13/h1-2,7,11H,3-6,9-10H2,(H,17,19). The molecule has 0 unspecified atom stereocenters. The number of nitrogens with one attached hydrogen (secondary N) is 1. The minimum absolute atomic E-state index is 0.0516. The van der Waals surface area contributed by atoms with Gasteiger partial charge in [0.2, 0.25) is 12.7 Å². The van der Waals surface area contributed by atoms with Crippen LogP contribution in [0.2, 0.25) is 0 Å². The van der Waals surface area contributed by atoms with Crippen LogP contribution in [0.25, 0.3) is 0 Å². The molecule has 3 rings (SSSR count). The monoisotopic (exact) mass is 287 g/mol. The topological polar surface area (TPSA) is 74.6 Å². The summed E-state index contributed by atoms with van der Waals surface area (Å²) in [5, 5.41) is 11.7. The lowest BCUT2D eigenvalue weighted by Gasteiger charge is -2.28. The number of amides is 1. The number of hydrogen-bond donors (Lipinski definition) is 1. The second-order valence-corrected chi connectivity index (χ2v) is 5.30. The first kappa shape index (κ1) is 13.7. The van der Waals surface area contributed by atoms with Gasteiger partial charge in [-0.3, -0.25) is 9.69 Å². The van der Waals surface area contributed by atoms with Crippen LogP contribution in [-0.2, 0) is 4.79 Å². The van der Waals surface area contributed by atoms with Crippen molar-refractivity contribution in [1.82, 2.24) is 4.90 Å². The van der Waals surface area contributed by atoms with Crippen molar-refractivity contribution in [2.24, 2.45) is 5.92 Å². The Kier molecular flexibility index (Phi) is 3.93. The van der Waals surface area contributed by atoms with E-state index in [0.717, 1.165) is 25.9 Å². The number of benzene rings is 1. The summed E-state index contributed by atoms with van der Waals surface area (Å²) < 4.78 is 10.5. The van der Waals surface area contributed by atoms with Gasteiger partial charge >= 0.3 is 0 Å². The van der Waals surface area contributed by atoms with E-state index in [1.807, 2.05) is 0 Å². The van der Waals surface area contributed by atoms with Gasteiger partial charge in [0.05, 0.1) is 12.6 Å². The Labute approximate surface area is 123 Å². The summed E-state index contributed by atoms with van der Waals surface area (Å²) in [6.45, 7) is 2.17. The summed E-state index contributed by atoms with van der Waals surface area (Å²) in [7, 11) is 0. The first-order valence-electron chi connectivity index (χ1n) is 7.06. The normalized spacial score (nSPS) is 18.2. The van der Waals surface area contributed by atoms with Crippen LogP contribution in [0.5, 0.6) is 11.5 Å². The second-order valence-electron chi connectivity index (χ2n) is 5.30. The second kappa shape index (κ2) is 6.02. The molecule has 1 aromatic rings. The highest BCUT2D eigenvalue weighted by atomic mass is 16.7. The summed E-state index contributed by atoms with van der Waals surface area (Å²) in [6.07, 6.45) is 1.68. The largest absolute Gasteiger partial charge is 0.454 e. The molecule has 0 spiro atoms. The van der Waals surface area contributed by atoms with E-state index in [2.05, 4.69) is 16.3 Å². The van der Waals surface area contributed by atoms with Gasteiger partial charge in [0.1, 0.15) is 0 Å². The number of rotatable bonds is 3. The quantitative estimate of drug-likeness (QED) is 0.913. The van der Waals surface area contributed by atoms with Gasteiger partial charge in [0.15, 0.2) is 11.5 Å². The molecule has 0 aliphatic carbocycles. The van der Waals surface area contributed by atoms with Crippen molar-refractivity contribution in [3.8, 4) is 17.6 Å². The molecule has 2 aliphatic rings. The lowest BCUT2D eigenvalue weighted by Crippen LogP contribution is -2.39.